The third kappa shape index (κ3) is 2.91. The molecule has 0 aliphatic rings. The van der Waals surface area contributed by atoms with Gasteiger partial charge in [-0.05, 0) is 12.5 Å². The molecule has 0 aliphatic carbocycles. The van der Waals surface area contributed by atoms with E-state index in [1.165, 1.54) is 18.2 Å². The lowest BCUT2D eigenvalue weighted by atomic mass is 10.1. The molecule has 0 radical (unpaired) electrons. The lowest BCUT2D eigenvalue weighted by Gasteiger charge is -2.09. The smallest absolute Gasteiger partial charge is 0.261 e. The molecule has 1 aromatic carbocycles. The number of nitrogens with one attached hydrogen (secondary N) is 2. The van der Waals surface area contributed by atoms with Crippen molar-refractivity contribution in [3.63, 3.8) is 0 Å². The highest BCUT2D eigenvalue weighted by Gasteiger charge is 2.18. The molecular weight excluding hydrogens is 310 g/mol. The molecule has 0 unspecified atom stereocenters. The van der Waals surface area contributed by atoms with Gasteiger partial charge in [-0.1, -0.05) is 24.3 Å². The number of hydrogen-bond donors (Lipinski definition) is 2. The van der Waals surface area contributed by atoms with Crippen LogP contribution in [0.4, 0.5) is 11.9 Å². The van der Waals surface area contributed by atoms with E-state index >= 15 is 0 Å². The molecule has 2 amide bonds. The topological polar surface area (TPSA) is 114 Å². The molecule has 0 fully saturated rings. The van der Waals surface area contributed by atoms with Crippen LogP contribution in [-0.2, 0) is 9.59 Å². The van der Waals surface area contributed by atoms with Gasteiger partial charge in [0.05, 0.1) is 0 Å². The van der Waals surface area contributed by atoms with Gasteiger partial charge in [0.2, 0.25) is 23.7 Å². The highest BCUT2D eigenvalue weighted by atomic mass is 16.2. The van der Waals surface area contributed by atoms with Gasteiger partial charge in [-0.25, -0.2) is 4.40 Å². The first-order chi connectivity index (χ1) is 11.5. The number of amides is 2. The fourth-order valence-electron chi connectivity index (χ4n) is 2.27. The van der Waals surface area contributed by atoms with E-state index in [2.05, 4.69) is 30.8 Å². The van der Waals surface area contributed by atoms with Gasteiger partial charge in [-0.3, -0.25) is 20.2 Å². The van der Waals surface area contributed by atoms with Crippen molar-refractivity contribution >= 4 is 29.5 Å². The Bertz CT molecular complexity index is 948. The van der Waals surface area contributed by atoms with E-state index in [4.69, 9.17) is 0 Å². The van der Waals surface area contributed by atoms with Gasteiger partial charge < -0.3 is 0 Å². The van der Waals surface area contributed by atoms with Crippen molar-refractivity contribution in [2.45, 2.75) is 20.8 Å². The summed E-state index contributed by atoms with van der Waals surface area (Å²) in [6.07, 6.45) is 0. The van der Waals surface area contributed by atoms with E-state index in [0.29, 0.717) is 5.82 Å². The zero-order chi connectivity index (χ0) is 17.3. The van der Waals surface area contributed by atoms with Crippen LogP contribution in [0.15, 0.2) is 24.3 Å². The molecule has 0 atom stereocenters. The summed E-state index contributed by atoms with van der Waals surface area (Å²) in [6, 6.07) is 7.64. The van der Waals surface area contributed by atoms with Crippen molar-refractivity contribution in [2.75, 3.05) is 10.6 Å². The van der Waals surface area contributed by atoms with Crippen molar-refractivity contribution in [1.82, 2.24) is 24.6 Å². The van der Waals surface area contributed by atoms with Gasteiger partial charge in [0.25, 0.3) is 5.78 Å². The van der Waals surface area contributed by atoms with E-state index in [0.717, 1.165) is 11.1 Å². The minimum atomic E-state index is -0.327. The van der Waals surface area contributed by atoms with Crippen LogP contribution in [0.2, 0.25) is 0 Å². The lowest BCUT2D eigenvalue weighted by Crippen LogP contribution is -2.16. The SMILES string of the molecule is CC(=O)Nc1nc(NC(C)=O)n2c(-c3ccccc3C)nnc2n1. The number of carbonyl (C=O) groups is 2. The molecule has 0 aliphatic heterocycles. The summed E-state index contributed by atoms with van der Waals surface area (Å²) < 4.78 is 1.54. The standard InChI is InChI=1S/C15H15N7O2/c1-8-6-4-5-7-11(8)12-20-21-15-19-13(16-9(2)23)18-14(22(12)15)17-10(3)24/h4-7H,1-3H3,(H2,16,17,18,19,21,23,24). The molecule has 3 rings (SSSR count). The average Bonchev–Trinajstić information content (AvgIpc) is 2.90. The molecule has 122 valence electrons. The Morgan fingerprint density at radius 2 is 1.71 bits per heavy atom. The second kappa shape index (κ2) is 6.03. The number of fused-ring (bicyclic) bond motifs is 1. The maximum absolute atomic E-state index is 11.5. The molecule has 9 heteroatoms. The van der Waals surface area contributed by atoms with Gasteiger partial charge >= 0.3 is 0 Å². The number of rotatable bonds is 3. The number of anilines is 2. The Labute approximate surface area is 137 Å². The Balaban J connectivity index is 2.24. The molecule has 3 aromatic rings. The Morgan fingerprint density at radius 3 is 2.38 bits per heavy atom. The summed E-state index contributed by atoms with van der Waals surface area (Å²) in [5, 5.41) is 13.3. The number of nitrogens with zero attached hydrogens (tertiary/aromatic N) is 5. The molecule has 0 spiro atoms. The normalized spacial score (nSPS) is 10.6. The number of hydrogen-bond acceptors (Lipinski definition) is 6. The molecule has 9 nitrogen and oxygen atoms in total. The van der Waals surface area contributed by atoms with Crippen molar-refractivity contribution in [1.29, 1.82) is 0 Å². The van der Waals surface area contributed by atoms with E-state index in [-0.39, 0.29) is 29.5 Å². The first-order valence-electron chi connectivity index (χ1n) is 7.20. The van der Waals surface area contributed by atoms with Crippen molar-refractivity contribution < 1.29 is 9.59 Å². The lowest BCUT2D eigenvalue weighted by molar-refractivity contribution is -0.115. The summed E-state index contributed by atoms with van der Waals surface area (Å²) in [5.41, 5.74) is 1.83. The molecule has 2 aromatic heterocycles. The molecule has 0 bridgehead atoms. The van der Waals surface area contributed by atoms with Gasteiger partial charge in [-0.15, -0.1) is 10.2 Å². The van der Waals surface area contributed by atoms with Gasteiger partial charge in [0.1, 0.15) is 0 Å². The summed E-state index contributed by atoms with van der Waals surface area (Å²) in [7, 11) is 0. The predicted molar refractivity (Wildman–Crippen MR) is 87.4 cm³/mol. The highest BCUT2D eigenvalue weighted by Crippen LogP contribution is 2.24. The third-order valence-corrected chi connectivity index (χ3v) is 3.24. The summed E-state index contributed by atoms with van der Waals surface area (Å²) in [6.45, 7) is 4.65. The van der Waals surface area contributed by atoms with Gasteiger partial charge in [0, 0.05) is 19.4 Å². The quantitative estimate of drug-likeness (QED) is 0.752. The molecule has 2 heterocycles. The van der Waals surface area contributed by atoms with Crippen LogP contribution in [0.25, 0.3) is 17.2 Å². The predicted octanol–water partition coefficient (Wildman–Crippen LogP) is 1.41. The first-order valence-corrected chi connectivity index (χ1v) is 7.20. The maximum Gasteiger partial charge on any atom is 0.261 e. The molecule has 0 saturated heterocycles. The summed E-state index contributed by atoms with van der Waals surface area (Å²) in [5.74, 6) is 0.305. The van der Waals surface area contributed by atoms with Crippen molar-refractivity contribution in [2.24, 2.45) is 0 Å². The molecule has 24 heavy (non-hydrogen) atoms. The second-order valence-corrected chi connectivity index (χ2v) is 5.21. The number of benzene rings is 1. The Hall–Kier alpha value is -3.36. The summed E-state index contributed by atoms with van der Waals surface area (Å²) >= 11 is 0. The van der Waals surface area contributed by atoms with E-state index < -0.39 is 0 Å². The van der Waals surface area contributed by atoms with Crippen LogP contribution >= 0.6 is 0 Å². The second-order valence-electron chi connectivity index (χ2n) is 5.21. The largest absolute Gasteiger partial charge is 0.296 e. The number of aromatic nitrogens is 5. The minimum Gasteiger partial charge on any atom is -0.296 e. The van der Waals surface area contributed by atoms with E-state index in [9.17, 15) is 9.59 Å². The average molecular weight is 325 g/mol. The summed E-state index contributed by atoms with van der Waals surface area (Å²) in [4.78, 5) is 31.1. The fraction of sp³-hybridized carbons (Fsp3) is 0.200. The molecular formula is C15H15N7O2. The van der Waals surface area contributed by atoms with Crippen molar-refractivity contribution in [3.8, 4) is 11.4 Å². The van der Waals surface area contributed by atoms with Crippen LogP contribution in [0.5, 0.6) is 0 Å². The monoisotopic (exact) mass is 325 g/mol. The van der Waals surface area contributed by atoms with Crippen LogP contribution in [0.3, 0.4) is 0 Å². The van der Waals surface area contributed by atoms with E-state index in [1.807, 2.05) is 31.2 Å². The zero-order valence-corrected chi connectivity index (χ0v) is 13.4. The first kappa shape index (κ1) is 15.5. The highest BCUT2D eigenvalue weighted by molar-refractivity contribution is 5.89. The van der Waals surface area contributed by atoms with Crippen LogP contribution in [0.1, 0.15) is 19.4 Å². The van der Waals surface area contributed by atoms with Crippen LogP contribution in [0, 0.1) is 6.92 Å². The number of aryl methyl sites for hydroxylation is 1. The minimum absolute atomic E-state index is 0.0440. The van der Waals surface area contributed by atoms with Gasteiger partial charge in [-0.2, -0.15) is 9.97 Å². The van der Waals surface area contributed by atoms with Gasteiger partial charge in [0.15, 0.2) is 5.82 Å². The Kier molecular flexibility index (Phi) is 3.90. The Morgan fingerprint density at radius 1 is 1.00 bits per heavy atom. The third-order valence-electron chi connectivity index (χ3n) is 3.24. The number of carbonyl (C=O) groups excluding carboxylic acids is 2. The fourth-order valence-corrected chi connectivity index (χ4v) is 2.27. The molecule has 0 saturated carbocycles. The van der Waals surface area contributed by atoms with Crippen LogP contribution in [-0.4, -0.2) is 36.4 Å². The maximum atomic E-state index is 11.5. The molecule has 2 N–H and O–H groups in total. The van der Waals surface area contributed by atoms with E-state index in [1.54, 1.807) is 0 Å². The van der Waals surface area contributed by atoms with Crippen molar-refractivity contribution in [3.05, 3.63) is 29.8 Å². The van der Waals surface area contributed by atoms with Crippen LogP contribution < -0.4 is 10.6 Å². The zero-order valence-electron chi connectivity index (χ0n) is 13.4.